The van der Waals surface area contributed by atoms with Crippen LogP contribution in [0.2, 0.25) is 0 Å². The molecule has 6 nitrogen and oxygen atoms in total. The topological polar surface area (TPSA) is 77.5 Å². The number of nitrogens with zero attached hydrogens (tertiary/aromatic N) is 1. The number of carbonyl (C=O) groups is 2. The highest BCUT2D eigenvalue weighted by Crippen LogP contribution is 2.38. The van der Waals surface area contributed by atoms with Crippen LogP contribution in [0.4, 0.5) is 4.79 Å². The molecule has 0 aromatic carbocycles. The van der Waals surface area contributed by atoms with E-state index >= 15 is 0 Å². The van der Waals surface area contributed by atoms with Crippen molar-refractivity contribution >= 4 is 22.9 Å². The Morgan fingerprint density at radius 3 is 2.50 bits per heavy atom. The van der Waals surface area contributed by atoms with Crippen LogP contribution in [0.5, 0.6) is 0 Å². The van der Waals surface area contributed by atoms with Crippen molar-refractivity contribution < 1.29 is 19.1 Å². The van der Waals surface area contributed by atoms with Crippen LogP contribution in [-0.2, 0) is 14.3 Å². The first-order valence-corrected chi connectivity index (χ1v) is 6.19. The van der Waals surface area contributed by atoms with E-state index in [9.17, 15) is 9.59 Å². The number of rotatable bonds is 1. The molecular formula is C11H10N2O4S. The lowest BCUT2D eigenvalue weighted by Gasteiger charge is -2.33. The predicted octanol–water partition coefficient (Wildman–Crippen LogP) is 0.849. The molecule has 94 valence electrons. The van der Waals surface area contributed by atoms with Gasteiger partial charge in [0.1, 0.15) is 0 Å². The summed E-state index contributed by atoms with van der Waals surface area (Å²) in [4.78, 5) is 26.8. The van der Waals surface area contributed by atoms with Gasteiger partial charge >= 0.3 is 0 Å². The van der Waals surface area contributed by atoms with Crippen LogP contribution < -0.4 is 5.32 Å². The van der Waals surface area contributed by atoms with Gasteiger partial charge in [0.15, 0.2) is 11.0 Å². The molecule has 0 saturated carbocycles. The van der Waals surface area contributed by atoms with Crippen molar-refractivity contribution in [3.05, 3.63) is 30.1 Å². The number of pyridine rings is 1. The van der Waals surface area contributed by atoms with E-state index in [1.807, 2.05) is 0 Å². The zero-order valence-corrected chi connectivity index (χ0v) is 10.1. The fourth-order valence-electron chi connectivity index (χ4n) is 1.87. The number of aromatic nitrogens is 1. The minimum absolute atomic E-state index is 0.155. The fourth-order valence-corrected chi connectivity index (χ4v) is 2.77. The smallest absolute Gasteiger partial charge is 0.286 e. The average Bonchev–Trinajstić information content (AvgIpc) is 2.66. The van der Waals surface area contributed by atoms with Gasteiger partial charge in [-0.2, -0.15) is 0 Å². The number of carbonyl (C=O) groups excluding carboxylic acids is 2. The van der Waals surface area contributed by atoms with Crippen LogP contribution in [0.15, 0.2) is 24.5 Å². The zero-order valence-electron chi connectivity index (χ0n) is 9.29. The lowest BCUT2D eigenvalue weighted by Crippen LogP contribution is -2.48. The second-order valence-corrected chi connectivity index (χ2v) is 5.43. The van der Waals surface area contributed by atoms with Crippen LogP contribution >= 0.6 is 11.8 Å². The molecule has 0 unspecified atom stereocenters. The van der Waals surface area contributed by atoms with Gasteiger partial charge in [-0.15, -0.1) is 0 Å². The lowest BCUT2D eigenvalue weighted by molar-refractivity contribution is -0.197. The van der Waals surface area contributed by atoms with E-state index < -0.39 is 11.0 Å². The number of imide groups is 1. The van der Waals surface area contributed by atoms with E-state index in [0.29, 0.717) is 0 Å². The number of thioether (sulfide) groups is 1. The van der Waals surface area contributed by atoms with Crippen molar-refractivity contribution in [2.45, 2.75) is 11.0 Å². The molecule has 0 atom stereocenters. The third kappa shape index (κ3) is 1.90. The maximum Gasteiger partial charge on any atom is 0.286 e. The number of hydrogen-bond donors (Lipinski definition) is 1. The van der Waals surface area contributed by atoms with Gasteiger partial charge in [-0.25, -0.2) is 0 Å². The second-order valence-electron chi connectivity index (χ2n) is 4.07. The largest absolute Gasteiger partial charge is 0.346 e. The highest BCUT2D eigenvalue weighted by molar-refractivity contribution is 8.16. The standard InChI is InChI=1S/C11H10N2O4S/c14-9-11(18-10(15)13-9)5-16-8(17-6-11)7-1-3-12-4-2-7/h1-4,8H,5-6H2,(H,13,14,15). The summed E-state index contributed by atoms with van der Waals surface area (Å²) < 4.78 is 10.1. The summed E-state index contributed by atoms with van der Waals surface area (Å²) in [5.41, 5.74) is 0.842. The van der Waals surface area contributed by atoms with Crippen molar-refractivity contribution in [1.82, 2.24) is 10.3 Å². The third-order valence-corrected chi connectivity index (χ3v) is 3.93. The van der Waals surface area contributed by atoms with Crippen LogP contribution in [0.25, 0.3) is 0 Å². The summed E-state index contributed by atoms with van der Waals surface area (Å²) in [5, 5.41) is 1.89. The predicted molar refractivity (Wildman–Crippen MR) is 62.7 cm³/mol. The molecule has 1 spiro atoms. The first kappa shape index (κ1) is 11.6. The Kier molecular flexibility index (Phi) is 2.81. The second kappa shape index (κ2) is 4.34. The van der Waals surface area contributed by atoms with Crippen molar-refractivity contribution in [2.75, 3.05) is 13.2 Å². The summed E-state index contributed by atoms with van der Waals surface area (Å²) in [5.74, 6) is -0.342. The molecule has 3 rings (SSSR count). The molecule has 2 aliphatic heterocycles. The Balaban J connectivity index is 1.72. The maximum atomic E-state index is 11.7. The minimum Gasteiger partial charge on any atom is -0.346 e. The van der Waals surface area contributed by atoms with Crippen molar-refractivity contribution in [2.24, 2.45) is 0 Å². The first-order chi connectivity index (χ1) is 8.70. The van der Waals surface area contributed by atoms with Crippen molar-refractivity contribution in [3.8, 4) is 0 Å². The van der Waals surface area contributed by atoms with Gasteiger partial charge in [0.05, 0.1) is 13.2 Å². The minimum atomic E-state index is -0.930. The van der Waals surface area contributed by atoms with Gasteiger partial charge in [0.25, 0.3) is 5.24 Å². The Morgan fingerprint density at radius 1 is 1.28 bits per heavy atom. The summed E-state index contributed by atoms with van der Waals surface area (Å²) in [7, 11) is 0. The molecule has 0 aliphatic carbocycles. The van der Waals surface area contributed by atoms with Gasteiger partial charge < -0.3 is 9.47 Å². The molecule has 3 heterocycles. The molecular weight excluding hydrogens is 256 g/mol. The SMILES string of the molecule is O=C1NC(=O)C2(COC(c3ccncc3)OC2)S1. The van der Waals surface area contributed by atoms with Crippen LogP contribution in [0.3, 0.4) is 0 Å². The number of nitrogens with one attached hydrogen (secondary N) is 1. The monoisotopic (exact) mass is 266 g/mol. The van der Waals surface area contributed by atoms with E-state index in [1.54, 1.807) is 24.5 Å². The molecule has 0 radical (unpaired) electrons. The van der Waals surface area contributed by atoms with E-state index in [0.717, 1.165) is 17.3 Å². The summed E-state index contributed by atoms with van der Waals surface area (Å²) in [6.45, 7) is 0.310. The average molecular weight is 266 g/mol. The van der Waals surface area contributed by atoms with Crippen LogP contribution in [0, 0.1) is 0 Å². The molecule has 18 heavy (non-hydrogen) atoms. The van der Waals surface area contributed by atoms with E-state index in [-0.39, 0.29) is 24.4 Å². The number of hydrogen-bond acceptors (Lipinski definition) is 6. The highest BCUT2D eigenvalue weighted by Gasteiger charge is 2.51. The molecule has 2 saturated heterocycles. The normalized spacial score (nSPS) is 31.7. The van der Waals surface area contributed by atoms with Gasteiger partial charge in [-0.05, 0) is 23.9 Å². The lowest BCUT2D eigenvalue weighted by atomic mass is 10.1. The Labute approximate surface area is 107 Å². The summed E-state index contributed by atoms with van der Waals surface area (Å²) in [6, 6.07) is 3.57. The van der Waals surface area contributed by atoms with E-state index in [2.05, 4.69) is 10.3 Å². The Bertz CT molecular complexity index is 485. The number of ether oxygens (including phenoxy) is 2. The quantitative estimate of drug-likeness (QED) is 0.812. The molecule has 2 fully saturated rings. The molecule has 1 N–H and O–H groups in total. The zero-order chi connectivity index (χ0) is 12.6. The highest BCUT2D eigenvalue weighted by atomic mass is 32.2. The van der Waals surface area contributed by atoms with Gasteiger partial charge in [0.2, 0.25) is 5.91 Å². The maximum absolute atomic E-state index is 11.7. The summed E-state index contributed by atoms with van der Waals surface area (Å²) >= 11 is 0.932. The molecule has 2 amide bonds. The molecule has 0 bridgehead atoms. The van der Waals surface area contributed by atoms with E-state index in [4.69, 9.17) is 9.47 Å². The van der Waals surface area contributed by atoms with Crippen LogP contribution in [-0.4, -0.2) is 34.1 Å². The number of amides is 2. The summed E-state index contributed by atoms with van der Waals surface area (Å²) in [6.07, 6.45) is 2.78. The van der Waals surface area contributed by atoms with Crippen LogP contribution in [0.1, 0.15) is 11.9 Å². The molecule has 7 heteroatoms. The van der Waals surface area contributed by atoms with Gasteiger partial charge in [-0.3, -0.25) is 19.9 Å². The Morgan fingerprint density at radius 2 is 1.94 bits per heavy atom. The van der Waals surface area contributed by atoms with Crippen molar-refractivity contribution in [3.63, 3.8) is 0 Å². The third-order valence-electron chi connectivity index (χ3n) is 2.83. The van der Waals surface area contributed by atoms with E-state index in [1.165, 1.54) is 0 Å². The molecule has 1 aromatic heterocycles. The van der Waals surface area contributed by atoms with Crippen molar-refractivity contribution in [1.29, 1.82) is 0 Å². The molecule has 2 aliphatic rings. The fraction of sp³-hybridized carbons (Fsp3) is 0.364. The first-order valence-electron chi connectivity index (χ1n) is 5.37. The van der Waals surface area contributed by atoms with Gasteiger partial charge in [-0.1, -0.05) is 0 Å². The Hall–Kier alpha value is -1.44. The molecule has 1 aromatic rings. The van der Waals surface area contributed by atoms with Gasteiger partial charge in [0, 0.05) is 18.0 Å².